The highest BCUT2D eigenvalue weighted by Crippen LogP contribution is 2.20. The van der Waals surface area contributed by atoms with Crippen molar-refractivity contribution in [2.24, 2.45) is 0 Å². The first-order valence-electron chi connectivity index (χ1n) is 12.3. The van der Waals surface area contributed by atoms with E-state index in [9.17, 15) is 0 Å². The van der Waals surface area contributed by atoms with E-state index in [4.69, 9.17) is 10.2 Å². The van der Waals surface area contributed by atoms with Crippen molar-refractivity contribution in [2.45, 2.75) is 61.8 Å². The average Bonchev–Trinajstić information content (AvgIpc) is 2.93. The third kappa shape index (κ3) is 15.1. The predicted octanol–water partition coefficient (Wildman–Crippen LogP) is 9.95. The van der Waals surface area contributed by atoms with Crippen molar-refractivity contribution in [1.82, 2.24) is 0 Å². The van der Waals surface area contributed by atoms with E-state index in [1.165, 1.54) is 22.3 Å². The van der Waals surface area contributed by atoms with E-state index in [1.54, 1.807) is 48.5 Å². The molecule has 0 aliphatic carbocycles. The van der Waals surface area contributed by atoms with Crippen molar-refractivity contribution in [3.05, 3.63) is 120 Å². The van der Waals surface area contributed by atoms with Crippen LogP contribution in [0.2, 0.25) is 0 Å². The van der Waals surface area contributed by atoms with Crippen LogP contribution in [0.4, 0.5) is 0 Å². The van der Waals surface area contributed by atoms with Crippen LogP contribution in [-0.4, -0.2) is 10.2 Å². The van der Waals surface area contributed by atoms with Gasteiger partial charge in [0.15, 0.2) is 0 Å². The van der Waals surface area contributed by atoms with E-state index in [1.807, 2.05) is 39.8 Å². The molecule has 0 amide bonds. The number of hydrogen-bond acceptors (Lipinski definition) is 2. The molecule has 4 rings (SSSR count). The third-order valence-corrected chi connectivity index (χ3v) is 4.57. The Bertz CT molecular complexity index is 862. The highest BCUT2D eigenvalue weighted by atomic mass is 16.3. The van der Waals surface area contributed by atoms with Gasteiger partial charge in [0.25, 0.3) is 0 Å². The molecule has 0 aliphatic heterocycles. The van der Waals surface area contributed by atoms with E-state index in [-0.39, 0.29) is 7.43 Å². The maximum Gasteiger partial charge on any atom is 0.115 e. The standard InChI is InChI=1S/C16H18.2C6H6O.2C2H6.CH4/c1-3-13-5-9-15(10-6-13)16-11-7-14(4-2)8-12-16;2*7-6-4-2-1-3-5-6;2*1-2;/h5-12H,3-4H2,1-2H3;2*1-5,7H;2*1-2H3;1H4. The minimum absolute atomic E-state index is 0. The van der Waals surface area contributed by atoms with E-state index in [2.05, 4.69) is 62.4 Å². The smallest absolute Gasteiger partial charge is 0.115 e. The number of aryl methyl sites for hydroxylation is 2. The summed E-state index contributed by atoms with van der Waals surface area (Å²) in [5.41, 5.74) is 5.41. The highest BCUT2D eigenvalue weighted by Gasteiger charge is 1.97. The van der Waals surface area contributed by atoms with Gasteiger partial charge in [0.1, 0.15) is 11.5 Å². The summed E-state index contributed by atoms with van der Waals surface area (Å²) in [6.45, 7) is 12.4. The summed E-state index contributed by atoms with van der Waals surface area (Å²) in [6, 6.07) is 35.1. The molecule has 4 aromatic carbocycles. The molecule has 35 heavy (non-hydrogen) atoms. The molecule has 4 aromatic rings. The van der Waals surface area contributed by atoms with E-state index in [0.717, 1.165) is 12.8 Å². The number of phenols is 2. The first-order valence-corrected chi connectivity index (χ1v) is 12.3. The number of phenolic OH excluding ortho intramolecular Hbond substituents is 2. The van der Waals surface area contributed by atoms with Crippen molar-refractivity contribution in [2.75, 3.05) is 0 Å². The first-order chi connectivity index (χ1) is 16.6. The van der Waals surface area contributed by atoms with Gasteiger partial charge in [-0.05, 0) is 59.4 Å². The van der Waals surface area contributed by atoms with Gasteiger partial charge in [0.2, 0.25) is 0 Å². The van der Waals surface area contributed by atoms with E-state index < -0.39 is 0 Å². The highest BCUT2D eigenvalue weighted by molar-refractivity contribution is 5.63. The van der Waals surface area contributed by atoms with Gasteiger partial charge in [-0.1, -0.05) is 134 Å². The van der Waals surface area contributed by atoms with Crippen LogP contribution < -0.4 is 0 Å². The molecule has 0 radical (unpaired) electrons. The first kappa shape index (κ1) is 33.7. The summed E-state index contributed by atoms with van der Waals surface area (Å²) in [5.74, 6) is 0.644. The summed E-state index contributed by atoms with van der Waals surface area (Å²) < 4.78 is 0. The average molecular weight is 475 g/mol. The Morgan fingerprint density at radius 1 is 0.429 bits per heavy atom. The number of aromatic hydroxyl groups is 2. The normalized spacial score (nSPS) is 8.51. The molecule has 0 fully saturated rings. The van der Waals surface area contributed by atoms with Gasteiger partial charge in [0, 0.05) is 0 Å². The second-order valence-electron chi connectivity index (χ2n) is 6.77. The maximum atomic E-state index is 8.63. The van der Waals surface area contributed by atoms with Gasteiger partial charge in [0.05, 0.1) is 0 Å². The van der Waals surface area contributed by atoms with Crippen LogP contribution in [0.1, 0.15) is 60.1 Å². The molecule has 0 atom stereocenters. The second-order valence-corrected chi connectivity index (χ2v) is 6.77. The molecule has 2 heteroatoms. The lowest BCUT2D eigenvalue weighted by molar-refractivity contribution is 0.475. The number of benzene rings is 4. The van der Waals surface area contributed by atoms with E-state index >= 15 is 0 Å². The third-order valence-electron chi connectivity index (χ3n) is 4.57. The molecule has 190 valence electrons. The lowest BCUT2D eigenvalue weighted by atomic mass is 10.0. The molecule has 0 unspecified atom stereocenters. The lowest BCUT2D eigenvalue weighted by Crippen LogP contribution is -1.83. The molecule has 0 bridgehead atoms. The van der Waals surface area contributed by atoms with Crippen molar-refractivity contribution >= 4 is 0 Å². The van der Waals surface area contributed by atoms with Crippen LogP contribution in [-0.2, 0) is 12.8 Å². The van der Waals surface area contributed by atoms with Crippen molar-refractivity contribution in [1.29, 1.82) is 0 Å². The van der Waals surface area contributed by atoms with Crippen molar-refractivity contribution in [3.63, 3.8) is 0 Å². The molecule has 0 heterocycles. The summed E-state index contributed by atoms with van der Waals surface area (Å²) >= 11 is 0. The van der Waals surface area contributed by atoms with Gasteiger partial charge in [-0.2, -0.15) is 0 Å². The number of rotatable bonds is 3. The zero-order valence-corrected chi connectivity index (χ0v) is 21.7. The van der Waals surface area contributed by atoms with Crippen LogP contribution >= 0.6 is 0 Å². The molecule has 0 aliphatic rings. The second kappa shape index (κ2) is 22.3. The van der Waals surface area contributed by atoms with Crippen molar-refractivity contribution < 1.29 is 10.2 Å². The lowest BCUT2D eigenvalue weighted by Gasteiger charge is -2.04. The Morgan fingerprint density at radius 2 is 0.686 bits per heavy atom. The Morgan fingerprint density at radius 3 is 0.857 bits per heavy atom. The molecule has 0 aromatic heterocycles. The van der Waals surface area contributed by atoms with Gasteiger partial charge in [-0.15, -0.1) is 0 Å². The maximum absolute atomic E-state index is 8.63. The predicted molar refractivity (Wildman–Crippen MR) is 156 cm³/mol. The van der Waals surface area contributed by atoms with Gasteiger partial charge >= 0.3 is 0 Å². The quantitative estimate of drug-likeness (QED) is 0.310. The Kier molecular flexibility index (Phi) is 21.4. The topological polar surface area (TPSA) is 40.5 Å². The van der Waals surface area contributed by atoms with Crippen LogP contribution in [0, 0.1) is 0 Å². The molecule has 0 spiro atoms. The van der Waals surface area contributed by atoms with Gasteiger partial charge in [-0.3, -0.25) is 0 Å². The Balaban J connectivity index is 0. The number of para-hydroxylation sites is 2. The molecule has 0 saturated carbocycles. The summed E-state index contributed by atoms with van der Waals surface area (Å²) in [7, 11) is 0. The summed E-state index contributed by atoms with van der Waals surface area (Å²) in [6.07, 6.45) is 2.21. The fourth-order valence-corrected chi connectivity index (χ4v) is 2.72. The monoisotopic (exact) mass is 474 g/mol. The fourth-order valence-electron chi connectivity index (χ4n) is 2.72. The summed E-state index contributed by atoms with van der Waals surface area (Å²) in [5, 5.41) is 17.3. The number of hydrogen-bond donors (Lipinski definition) is 2. The zero-order valence-electron chi connectivity index (χ0n) is 21.7. The minimum Gasteiger partial charge on any atom is -0.508 e. The van der Waals surface area contributed by atoms with Crippen LogP contribution in [0.3, 0.4) is 0 Å². The molecular weight excluding hydrogens is 428 g/mol. The fraction of sp³-hybridized carbons (Fsp3) is 0.273. The minimum atomic E-state index is 0. The molecular formula is C33H46O2. The van der Waals surface area contributed by atoms with Crippen LogP contribution in [0.25, 0.3) is 11.1 Å². The molecule has 2 nitrogen and oxygen atoms in total. The van der Waals surface area contributed by atoms with Crippen LogP contribution in [0.15, 0.2) is 109 Å². The van der Waals surface area contributed by atoms with Gasteiger partial charge in [-0.25, -0.2) is 0 Å². The van der Waals surface area contributed by atoms with E-state index in [0.29, 0.717) is 11.5 Å². The summed E-state index contributed by atoms with van der Waals surface area (Å²) in [4.78, 5) is 0. The zero-order chi connectivity index (χ0) is 25.6. The van der Waals surface area contributed by atoms with Gasteiger partial charge < -0.3 is 10.2 Å². The van der Waals surface area contributed by atoms with Crippen LogP contribution in [0.5, 0.6) is 11.5 Å². The largest absolute Gasteiger partial charge is 0.508 e. The Labute approximate surface area is 215 Å². The van der Waals surface area contributed by atoms with Crippen molar-refractivity contribution in [3.8, 4) is 22.6 Å². The molecule has 0 saturated heterocycles. The molecule has 2 N–H and O–H groups in total. The SMILES string of the molecule is C.CC.CC.CCc1ccc(-c2ccc(CC)cc2)cc1.Oc1ccccc1.Oc1ccccc1. The Hall–Kier alpha value is -3.52.